The smallest absolute Gasteiger partial charge is 0.193 e. The average Bonchev–Trinajstić information content (AvgIpc) is 2.73. The third-order valence-electron chi connectivity index (χ3n) is 5.64. The number of halogens is 1. The summed E-state index contributed by atoms with van der Waals surface area (Å²) in [6.07, 6.45) is 2.76. The molecule has 0 aliphatic heterocycles. The van der Waals surface area contributed by atoms with Crippen molar-refractivity contribution in [3.63, 3.8) is 0 Å². The number of hydrogen-bond acceptors (Lipinski definition) is 5. The second kappa shape index (κ2) is 9.25. The molecule has 6 heteroatoms. The van der Waals surface area contributed by atoms with Gasteiger partial charge in [-0.05, 0) is 54.7 Å². The van der Waals surface area contributed by atoms with Crippen LogP contribution in [0.25, 0.3) is 22.3 Å². The molecule has 0 spiro atoms. The van der Waals surface area contributed by atoms with E-state index in [9.17, 15) is 9.59 Å². The van der Waals surface area contributed by atoms with Crippen molar-refractivity contribution in [1.82, 2.24) is 0 Å². The Labute approximate surface area is 185 Å². The van der Waals surface area contributed by atoms with E-state index >= 15 is 0 Å². The molecule has 0 radical (unpaired) electrons. The summed E-state index contributed by atoms with van der Waals surface area (Å²) in [6, 6.07) is 12.4. The van der Waals surface area contributed by atoms with Gasteiger partial charge in [0.05, 0.1) is 23.1 Å². The maximum atomic E-state index is 12.5. The number of aldehydes is 1. The third-order valence-corrected chi connectivity index (χ3v) is 5.94. The fraction of sp³-hybridized carbons (Fsp3) is 0.360. The van der Waals surface area contributed by atoms with Gasteiger partial charge in [-0.2, -0.15) is 0 Å². The minimum atomic E-state index is -0.130. The molecule has 162 valence electrons. The van der Waals surface area contributed by atoms with Crippen LogP contribution in [0.4, 0.5) is 0 Å². The van der Waals surface area contributed by atoms with Crippen LogP contribution in [0.15, 0.2) is 51.7 Å². The van der Waals surface area contributed by atoms with E-state index in [-0.39, 0.29) is 23.4 Å². The van der Waals surface area contributed by atoms with Gasteiger partial charge in [0.1, 0.15) is 24.4 Å². The highest BCUT2D eigenvalue weighted by Gasteiger charge is 2.29. The fourth-order valence-corrected chi connectivity index (χ4v) is 4.00. The lowest BCUT2D eigenvalue weighted by Crippen LogP contribution is -2.33. The summed E-state index contributed by atoms with van der Waals surface area (Å²) in [5.74, 6) is 1.61. The largest absolute Gasteiger partial charge is 0.491 e. The van der Waals surface area contributed by atoms with Gasteiger partial charge in [-0.15, -0.1) is 0 Å². The summed E-state index contributed by atoms with van der Waals surface area (Å²) >= 11 is 6.24. The lowest BCUT2D eigenvalue weighted by Gasteiger charge is -2.31. The Morgan fingerprint density at radius 2 is 1.97 bits per heavy atom. The first kappa shape index (κ1) is 21.6. The van der Waals surface area contributed by atoms with Gasteiger partial charge in [-0.25, -0.2) is 0 Å². The van der Waals surface area contributed by atoms with Crippen LogP contribution >= 0.6 is 11.6 Å². The first-order chi connectivity index (χ1) is 15.0. The van der Waals surface area contributed by atoms with E-state index in [0.29, 0.717) is 35.0 Å². The normalized spacial score (nSPS) is 18.2. The van der Waals surface area contributed by atoms with Crippen LogP contribution in [0, 0.1) is 5.92 Å². The summed E-state index contributed by atoms with van der Waals surface area (Å²) in [6.45, 7) is 5.09. The second-order valence-electron chi connectivity index (χ2n) is 8.21. The Hall–Kier alpha value is -2.63. The monoisotopic (exact) mass is 440 g/mol. The molecule has 1 heterocycles. The summed E-state index contributed by atoms with van der Waals surface area (Å²) in [5, 5.41) is 0.873. The molecule has 1 fully saturated rings. The highest BCUT2D eigenvalue weighted by Crippen LogP contribution is 2.33. The Bertz CT molecular complexity index is 1140. The molecule has 0 saturated heterocycles. The molecular weight excluding hydrogens is 416 g/mol. The Morgan fingerprint density at radius 1 is 1.16 bits per heavy atom. The highest BCUT2D eigenvalue weighted by atomic mass is 35.5. The van der Waals surface area contributed by atoms with Crippen molar-refractivity contribution in [2.45, 2.75) is 38.7 Å². The van der Waals surface area contributed by atoms with Gasteiger partial charge in [0.25, 0.3) is 0 Å². The standard InChI is InChI=1S/C25H25ClO5/c1-15(2)20-12-17(24-13-22(28)19-4-3-5-21(26)25(19)31-24)6-7-23(20)30-9-8-29-18-10-16(11-18)14-27/h3-7,12-16,18H,8-11H2,1-2H3. The molecule has 0 bridgehead atoms. The molecule has 4 rings (SSSR count). The van der Waals surface area contributed by atoms with Gasteiger partial charge in [0, 0.05) is 17.5 Å². The van der Waals surface area contributed by atoms with Crippen LogP contribution < -0.4 is 10.2 Å². The van der Waals surface area contributed by atoms with Crippen LogP contribution in [-0.2, 0) is 9.53 Å². The van der Waals surface area contributed by atoms with E-state index in [1.807, 2.05) is 18.2 Å². The predicted octanol–water partition coefficient (Wildman–Crippen LogP) is 5.61. The molecular formula is C25H25ClO5. The molecule has 1 aliphatic rings. The van der Waals surface area contributed by atoms with Crippen LogP contribution in [0.3, 0.4) is 0 Å². The van der Waals surface area contributed by atoms with Crippen LogP contribution in [0.2, 0.25) is 5.02 Å². The highest BCUT2D eigenvalue weighted by molar-refractivity contribution is 6.34. The molecule has 31 heavy (non-hydrogen) atoms. The van der Waals surface area contributed by atoms with Gasteiger partial charge in [-0.1, -0.05) is 31.5 Å². The lowest BCUT2D eigenvalue weighted by molar-refractivity contribution is -0.119. The maximum absolute atomic E-state index is 12.5. The number of benzene rings is 2. The Morgan fingerprint density at radius 3 is 2.71 bits per heavy atom. The minimum Gasteiger partial charge on any atom is -0.491 e. The molecule has 3 aromatic rings. The first-order valence-electron chi connectivity index (χ1n) is 10.5. The number of para-hydroxylation sites is 1. The average molecular weight is 441 g/mol. The molecule has 0 atom stereocenters. The SMILES string of the molecule is CC(C)c1cc(-c2cc(=O)c3cccc(Cl)c3o2)ccc1OCCOC1CC(C=O)C1. The van der Waals surface area contributed by atoms with E-state index in [2.05, 4.69) is 13.8 Å². The van der Waals surface area contributed by atoms with Crippen molar-refractivity contribution in [3.05, 3.63) is 63.3 Å². The quantitative estimate of drug-likeness (QED) is 0.336. The molecule has 1 saturated carbocycles. The Balaban J connectivity index is 1.51. The molecule has 0 unspecified atom stereocenters. The number of rotatable bonds is 8. The summed E-state index contributed by atoms with van der Waals surface area (Å²) in [4.78, 5) is 23.2. The zero-order valence-corrected chi connectivity index (χ0v) is 18.4. The van der Waals surface area contributed by atoms with E-state index in [1.165, 1.54) is 6.07 Å². The van der Waals surface area contributed by atoms with Gasteiger partial charge in [-0.3, -0.25) is 4.79 Å². The van der Waals surface area contributed by atoms with E-state index in [4.69, 9.17) is 25.5 Å². The van der Waals surface area contributed by atoms with Crippen molar-refractivity contribution < 1.29 is 18.7 Å². The van der Waals surface area contributed by atoms with E-state index in [1.54, 1.807) is 18.2 Å². The number of hydrogen-bond donors (Lipinski definition) is 0. The zero-order chi connectivity index (χ0) is 22.0. The van der Waals surface area contributed by atoms with Gasteiger partial charge in [0.15, 0.2) is 11.0 Å². The molecule has 1 aromatic heterocycles. The van der Waals surface area contributed by atoms with Crippen molar-refractivity contribution in [3.8, 4) is 17.1 Å². The Kier molecular flexibility index (Phi) is 6.44. The van der Waals surface area contributed by atoms with Crippen LogP contribution in [-0.4, -0.2) is 25.6 Å². The first-order valence-corrected chi connectivity index (χ1v) is 10.9. The third kappa shape index (κ3) is 4.68. The predicted molar refractivity (Wildman–Crippen MR) is 121 cm³/mol. The fourth-order valence-electron chi connectivity index (χ4n) is 3.79. The van der Waals surface area contributed by atoms with Gasteiger partial charge < -0.3 is 18.7 Å². The second-order valence-corrected chi connectivity index (χ2v) is 8.61. The van der Waals surface area contributed by atoms with E-state index < -0.39 is 0 Å². The van der Waals surface area contributed by atoms with Gasteiger partial charge in [0.2, 0.25) is 0 Å². The lowest BCUT2D eigenvalue weighted by atomic mass is 9.83. The number of fused-ring (bicyclic) bond motifs is 1. The van der Waals surface area contributed by atoms with Gasteiger partial charge >= 0.3 is 0 Å². The molecule has 1 aliphatic carbocycles. The molecule has 5 nitrogen and oxygen atoms in total. The minimum absolute atomic E-state index is 0.130. The maximum Gasteiger partial charge on any atom is 0.193 e. The summed E-state index contributed by atoms with van der Waals surface area (Å²) in [7, 11) is 0. The molecule has 0 N–H and O–H groups in total. The van der Waals surface area contributed by atoms with Crippen LogP contribution in [0.5, 0.6) is 5.75 Å². The number of carbonyl (C=O) groups is 1. The summed E-state index contributed by atoms with van der Waals surface area (Å²) < 4.78 is 17.7. The topological polar surface area (TPSA) is 65.7 Å². The van der Waals surface area contributed by atoms with Crippen molar-refractivity contribution in [1.29, 1.82) is 0 Å². The summed E-state index contributed by atoms with van der Waals surface area (Å²) in [5.41, 5.74) is 2.07. The number of ether oxygens (including phenoxy) is 2. The zero-order valence-electron chi connectivity index (χ0n) is 17.6. The molecule has 0 amide bonds. The van der Waals surface area contributed by atoms with Crippen molar-refractivity contribution in [2.75, 3.05) is 13.2 Å². The number of carbonyl (C=O) groups excluding carboxylic acids is 1. The van der Waals surface area contributed by atoms with Crippen molar-refractivity contribution >= 4 is 28.9 Å². The van der Waals surface area contributed by atoms with Crippen molar-refractivity contribution in [2.24, 2.45) is 5.92 Å². The van der Waals surface area contributed by atoms with Crippen LogP contribution in [0.1, 0.15) is 38.2 Å². The molecule has 2 aromatic carbocycles. The van der Waals surface area contributed by atoms with E-state index in [0.717, 1.165) is 36.0 Å².